The van der Waals surface area contributed by atoms with Gasteiger partial charge in [-0.25, -0.2) is 0 Å². The topological polar surface area (TPSA) is 48.0 Å². The lowest BCUT2D eigenvalue weighted by Crippen LogP contribution is -2.41. The highest BCUT2D eigenvalue weighted by Crippen LogP contribution is 2.39. The normalized spacial score (nSPS) is 14.8. The number of amides is 1. The van der Waals surface area contributed by atoms with Gasteiger partial charge in [-0.3, -0.25) is 4.79 Å². The fourth-order valence-corrected chi connectivity index (χ4v) is 3.64. The molecule has 146 valence electrons. The average molecular weight is 363 g/mol. The summed E-state index contributed by atoms with van der Waals surface area (Å²) in [7, 11) is 0. The van der Waals surface area contributed by atoms with E-state index < -0.39 is 0 Å². The van der Waals surface area contributed by atoms with Crippen LogP contribution in [0.1, 0.15) is 70.2 Å². The first-order valence-electron chi connectivity index (χ1n) is 10.0. The van der Waals surface area contributed by atoms with E-state index in [1.807, 2.05) is 32.6 Å². The smallest absolute Gasteiger partial charge is 0.254 e. The van der Waals surface area contributed by atoms with Crippen LogP contribution >= 0.6 is 0 Å². The van der Waals surface area contributed by atoms with E-state index in [9.17, 15) is 4.79 Å². The zero-order valence-corrected chi connectivity index (χ0v) is 16.7. The van der Waals surface area contributed by atoms with Crippen LogP contribution in [0.3, 0.4) is 0 Å². The van der Waals surface area contributed by atoms with E-state index in [0.717, 1.165) is 12.8 Å². The lowest BCUT2D eigenvalue weighted by molar-refractivity contribution is 0.0647. The van der Waals surface area contributed by atoms with Gasteiger partial charge < -0.3 is 19.1 Å². The van der Waals surface area contributed by atoms with Gasteiger partial charge in [-0.1, -0.05) is 19.3 Å². The summed E-state index contributed by atoms with van der Waals surface area (Å²) in [6.07, 6.45) is 5.85. The molecule has 26 heavy (non-hydrogen) atoms. The zero-order valence-electron chi connectivity index (χ0n) is 16.7. The van der Waals surface area contributed by atoms with Crippen molar-refractivity contribution in [3.63, 3.8) is 0 Å². The molecule has 0 aromatic heterocycles. The number of hydrogen-bond acceptors (Lipinski definition) is 4. The van der Waals surface area contributed by atoms with E-state index in [2.05, 4.69) is 0 Å². The lowest BCUT2D eigenvalue weighted by atomic mass is 9.93. The summed E-state index contributed by atoms with van der Waals surface area (Å²) >= 11 is 0. The predicted octanol–water partition coefficient (Wildman–Crippen LogP) is 4.68. The van der Waals surface area contributed by atoms with Crippen molar-refractivity contribution >= 4 is 5.91 Å². The van der Waals surface area contributed by atoms with Crippen molar-refractivity contribution < 1.29 is 19.0 Å². The molecule has 0 aliphatic heterocycles. The first kappa shape index (κ1) is 20.4. The Labute approximate surface area is 157 Å². The molecule has 1 aromatic rings. The van der Waals surface area contributed by atoms with Crippen LogP contribution < -0.4 is 14.2 Å². The molecule has 0 spiro atoms. The highest BCUT2D eigenvalue weighted by atomic mass is 16.5. The number of nitrogens with zero attached hydrogens (tertiary/aromatic N) is 1. The van der Waals surface area contributed by atoms with Crippen molar-refractivity contribution in [2.24, 2.45) is 0 Å². The molecule has 2 rings (SSSR count). The minimum atomic E-state index is 0.0457. The maximum absolute atomic E-state index is 13.2. The summed E-state index contributed by atoms with van der Waals surface area (Å²) in [4.78, 5) is 15.2. The second kappa shape index (κ2) is 10.3. The fraction of sp³-hybridized carbons (Fsp3) is 0.667. The Morgan fingerprint density at radius 3 is 1.92 bits per heavy atom. The molecule has 0 bridgehead atoms. The van der Waals surface area contributed by atoms with Gasteiger partial charge in [0.2, 0.25) is 5.75 Å². The van der Waals surface area contributed by atoms with Gasteiger partial charge in [0.25, 0.3) is 5.91 Å². The third kappa shape index (κ3) is 4.83. The lowest BCUT2D eigenvalue weighted by Gasteiger charge is -2.34. The maximum atomic E-state index is 13.2. The number of rotatable bonds is 9. The first-order chi connectivity index (χ1) is 12.7. The monoisotopic (exact) mass is 363 g/mol. The maximum Gasteiger partial charge on any atom is 0.254 e. The minimum Gasteiger partial charge on any atom is -0.490 e. The second-order valence-electron chi connectivity index (χ2n) is 6.48. The van der Waals surface area contributed by atoms with Crippen molar-refractivity contribution in [3.05, 3.63) is 17.7 Å². The Hall–Kier alpha value is -1.91. The van der Waals surface area contributed by atoms with Gasteiger partial charge in [0.05, 0.1) is 19.8 Å². The van der Waals surface area contributed by atoms with Crippen LogP contribution in [0, 0.1) is 0 Å². The van der Waals surface area contributed by atoms with Gasteiger partial charge in [0.15, 0.2) is 11.5 Å². The highest BCUT2D eigenvalue weighted by Gasteiger charge is 2.27. The molecule has 5 nitrogen and oxygen atoms in total. The average Bonchev–Trinajstić information content (AvgIpc) is 2.66. The van der Waals surface area contributed by atoms with Crippen LogP contribution in [-0.4, -0.2) is 43.2 Å². The van der Waals surface area contributed by atoms with Crippen LogP contribution in [-0.2, 0) is 0 Å². The van der Waals surface area contributed by atoms with Crippen molar-refractivity contribution in [2.75, 3.05) is 26.4 Å². The van der Waals surface area contributed by atoms with E-state index in [0.29, 0.717) is 55.2 Å². The van der Waals surface area contributed by atoms with E-state index in [-0.39, 0.29) is 5.91 Å². The highest BCUT2D eigenvalue weighted by molar-refractivity contribution is 5.96. The number of hydrogen-bond donors (Lipinski definition) is 0. The molecule has 0 atom stereocenters. The molecule has 5 heteroatoms. The van der Waals surface area contributed by atoms with Gasteiger partial charge >= 0.3 is 0 Å². The second-order valence-corrected chi connectivity index (χ2v) is 6.48. The predicted molar refractivity (Wildman–Crippen MR) is 104 cm³/mol. The third-order valence-electron chi connectivity index (χ3n) is 4.77. The summed E-state index contributed by atoms with van der Waals surface area (Å²) in [6.45, 7) is 10.0. The van der Waals surface area contributed by atoms with Crippen LogP contribution in [0.25, 0.3) is 0 Å². The summed E-state index contributed by atoms with van der Waals surface area (Å²) in [5.41, 5.74) is 0.604. The molecule has 0 radical (unpaired) electrons. The number of carbonyl (C=O) groups excluding carboxylic acids is 1. The number of ether oxygens (including phenoxy) is 3. The van der Waals surface area contributed by atoms with Crippen LogP contribution in [0.2, 0.25) is 0 Å². The molecular weight excluding hydrogens is 330 g/mol. The standard InChI is InChI=1S/C21H33NO4/c1-5-22(17-12-10-9-11-13-17)21(23)16-14-18(24-6-2)20(26-8-4)19(15-16)25-7-3/h14-15,17H,5-13H2,1-4H3. The van der Waals surface area contributed by atoms with Gasteiger partial charge in [-0.15, -0.1) is 0 Å². The fourth-order valence-electron chi connectivity index (χ4n) is 3.64. The Bertz CT molecular complexity index is 554. The molecule has 0 unspecified atom stereocenters. The third-order valence-corrected chi connectivity index (χ3v) is 4.77. The van der Waals surface area contributed by atoms with E-state index in [1.54, 1.807) is 12.1 Å². The summed E-state index contributed by atoms with van der Waals surface area (Å²) in [5.74, 6) is 1.77. The zero-order chi connectivity index (χ0) is 18.9. The number of benzene rings is 1. The molecule has 1 aliphatic carbocycles. The quantitative estimate of drug-likeness (QED) is 0.639. The van der Waals surface area contributed by atoms with Crippen LogP contribution in [0.5, 0.6) is 17.2 Å². The molecule has 1 fully saturated rings. The van der Waals surface area contributed by atoms with E-state index in [1.165, 1.54) is 19.3 Å². The Morgan fingerprint density at radius 2 is 1.46 bits per heavy atom. The number of carbonyl (C=O) groups is 1. The molecule has 0 N–H and O–H groups in total. The van der Waals surface area contributed by atoms with Crippen molar-refractivity contribution in [2.45, 2.75) is 65.8 Å². The van der Waals surface area contributed by atoms with Crippen LogP contribution in [0.4, 0.5) is 0 Å². The van der Waals surface area contributed by atoms with Crippen LogP contribution in [0.15, 0.2) is 12.1 Å². The molecule has 1 amide bonds. The summed E-state index contributed by atoms with van der Waals surface area (Å²) in [5, 5.41) is 0. The first-order valence-corrected chi connectivity index (χ1v) is 10.0. The van der Waals surface area contributed by atoms with E-state index in [4.69, 9.17) is 14.2 Å². The molecular formula is C21H33NO4. The van der Waals surface area contributed by atoms with Gasteiger partial charge in [-0.2, -0.15) is 0 Å². The van der Waals surface area contributed by atoms with Gasteiger partial charge in [0, 0.05) is 18.2 Å². The molecule has 0 heterocycles. The van der Waals surface area contributed by atoms with Gasteiger partial charge in [-0.05, 0) is 52.7 Å². The molecule has 1 aliphatic rings. The SMILES string of the molecule is CCOc1cc(C(=O)N(CC)C2CCCCC2)cc(OCC)c1OCC. The molecule has 1 aromatic carbocycles. The van der Waals surface area contributed by atoms with Crippen molar-refractivity contribution in [3.8, 4) is 17.2 Å². The largest absolute Gasteiger partial charge is 0.490 e. The minimum absolute atomic E-state index is 0.0457. The molecule has 1 saturated carbocycles. The molecule has 0 saturated heterocycles. The van der Waals surface area contributed by atoms with Crippen molar-refractivity contribution in [1.29, 1.82) is 0 Å². The summed E-state index contributed by atoms with van der Waals surface area (Å²) < 4.78 is 17.2. The van der Waals surface area contributed by atoms with Gasteiger partial charge in [0.1, 0.15) is 0 Å². The Kier molecular flexibility index (Phi) is 8.07. The van der Waals surface area contributed by atoms with E-state index >= 15 is 0 Å². The van der Waals surface area contributed by atoms with Crippen molar-refractivity contribution in [1.82, 2.24) is 4.90 Å². The summed E-state index contributed by atoms with van der Waals surface area (Å²) in [6, 6.07) is 3.93. The Balaban J connectivity index is 2.37. The Morgan fingerprint density at radius 1 is 0.923 bits per heavy atom.